The van der Waals surface area contributed by atoms with Crippen LogP contribution in [0.4, 0.5) is 4.79 Å². The minimum Gasteiger partial charge on any atom is -0.444 e. The molecular weight excluding hydrogens is 266 g/mol. The van der Waals surface area contributed by atoms with Gasteiger partial charge < -0.3 is 9.64 Å². The number of likely N-dealkylation sites (tertiary alicyclic amines) is 1. The van der Waals surface area contributed by atoms with Gasteiger partial charge in [-0.25, -0.2) is 4.79 Å². The summed E-state index contributed by atoms with van der Waals surface area (Å²) in [7, 11) is 0. The third-order valence-electron chi connectivity index (χ3n) is 3.68. The number of carbonyl (C=O) groups excluding carboxylic acids is 1. The third kappa shape index (κ3) is 4.48. The Morgan fingerprint density at radius 3 is 2.62 bits per heavy atom. The third-order valence-corrected chi connectivity index (χ3v) is 3.68. The molecule has 1 aliphatic rings. The molecule has 0 unspecified atom stereocenters. The predicted molar refractivity (Wildman–Crippen MR) is 82.3 cm³/mol. The molecule has 0 N–H and O–H groups in total. The quantitative estimate of drug-likeness (QED) is 0.858. The minimum atomic E-state index is -0.426. The van der Waals surface area contributed by atoms with Crippen LogP contribution >= 0.6 is 0 Å². The minimum absolute atomic E-state index is 0.201. The average molecular weight is 293 g/mol. The highest BCUT2D eigenvalue weighted by atomic mass is 16.6. The lowest BCUT2D eigenvalue weighted by Gasteiger charge is -2.33. The van der Waals surface area contributed by atoms with Gasteiger partial charge in [0.05, 0.1) is 12.2 Å². The zero-order valence-corrected chi connectivity index (χ0v) is 13.6. The van der Waals surface area contributed by atoms with Gasteiger partial charge in [0, 0.05) is 19.3 Å². The first-order valence-electron chi connectivity index (χ1n) is 7.90. The fourth-order valence-electron chi connectivity index (χ4n) is 2.63. The van der Waals surface area contributed by atoms with Crippen molar-refractivity contribution in [2.75, 3.05) is 13.1 Å². The summed E-state index contributed by atoms with van der Waals surface area (Å²) in [6.07, 6.45) is 8.01. The van der Waals surface area contributed by atoms with Gasteiger partial charge >= 0.3 is 6.09 Å². The second-order valence-electron chi connectivity index (χ2n) is 6.78. The van der Waals surface area contributed by atoms with Gasteiger partial charge in [-0.05, 0) is 45.6 Å². The van der Waals surface area contributed by atoms with E-state index in [4.69, 9.17) is 4.74 Å². The van der Waals surface area contributed by atoms with E-state index < -0.39 is 5.60 Å². The maximum absolute atomic E-state index is 12.0. The number of hydrogen-bond donors (Lipinski definition) is 0. The zero-order valence-electron chi connectivity index (χ0n) is 13.6. The van der Waals surface area contributed by atoms with Gasteiger partial charge in [-0.1, -0.05) is 13.3 Å². The van der Waals surface area contributed by atoms with Gasteiger partial charge in [-0.3, -0.25) is 4.68 Å². The molecule has 0 bridgehead atoms. The van der Waals surface area contributed by atoms with Gasteiger partial charge in [-0.2, -0.15) is 5.10 Å². The predicted octanol–water partition coefficient (Wildman–Crippen LogP) is 3.41. The monoisotopic (exact) mass is 293 g/mol. The summed E-state index contributed by atoms with van der Waals surface area (Å²) in [5.74, 6) is 0. The molecule has 0 aliphatic carbocycles. The summed E-state index contributed by atoms with van der Waals surface area (Å²) in [5.41, 5.74) is 0.873. The lowest BCUT2D eigenvalue weighted by molar-refractivity contribution is 0.0185. The van der Waals surface area contributed by atoms with Crippen molar-refractivity contribution in [2.45, 2.75) is 65.0 Å². The van der Waals surface area contributed by atoms with Crippen LogP contribution in [0.3, 0.4) is 0 Å². The normalized spacial score (nSPS) is 17.0. The number of aromatic nitrogens is 2. The molecular formula is C16H27N3O2. The van der Waals surface area contributed by atoms with Crippen LogP contribution < -0.4 is 0 Å². The summed E-state index contributed by atoms with van der Waals surface area (Å²) in [5, 5.41) is 4.47. The van der Waals surface area contributed by atoms with Crippen molar-refractivity contribution in [3.63, 3.8) is 0 Å². The number of aryl methyl sites for hydroxylation is 1. The van der Waals surface area contributed by atoms with E-state index in [0.29, 0.717) is 6.04 Å². The molecule has 21 heavy (non-hydrogen) atoms. The van der Waals surface area contributed by atoms with E-state index >= 15 is 0 Å². The Hall–Kier alpha value is -1.52. The molecule has 0 saturated carbocycles. The van der Waals surface area contributed by atoms with Gasteiger partial charge in [0.1, 0.15) is 5.60 Å². The number of hydrogen-bond acceptors (Lipinski definition) is 3. The molecule has 1 aliphatic heterocycles. The number of carbonyl (C=O) groups is 1. The Morgan fingerprint density at radius 2 is 2.05 bits per heavy atom. The summed E-state index contributed by atoms with van der Waals surface area (Å²) >= 11 is 0. The lowest BCUT2D eigenvalue weighted by Crippen LogP contribution is -2.42. The number of nitrogens with zero attached hydrogens (tertiary/aromatic N) is 3. The first-order chi connectivity index (χ1) is 9.89. The van der Waals surface area contributed by atoms with Crippen LogP contribution in [-0.4, -0.2) is 39.5 Å². The molecule has 1 amide bonds. The van der Waals surface area contributed by atoms with E-state index in [2.05, 4.69) is 22.9 Å². The molecule has 1 aromatic heterocycles. The van der Waals surface area contributed by atoms with Crippen molar-refractivity contribution >= 4 is 6.09 Å². The maximum Gasteiger partial charge on any atom is 0.410 e. The van der Waals surface area contributed by atoms with Crippen LogP contribution in [0.2, 0.25) is 0 Å². The van der Waals surface area contributed by atoms with E-state index in [1.165, 1.54) is 5.56 Å². The Kier molecular flexibility index (Phi) is 4.91. The second kappa shape index (κ2) is 6.50. The first-order valence-corrected chi connectivity index (χ1v) is 7.90. The Morgan fingerprint density at radius 1 is 1.38 bits per heavy atom. The van der Waals surface area contributed by atoms with Crippen molar-refractivity contribution in [2.24, 2.45) is 0 Å². The molecule has 0 spiro atoms. The Bertz CT molecular complexity index is 468. The van der Waals surface area contributed by atoms with Crippen molar-refractivity contribution in [3.05, 3.63) is 18.0 Å². The van der Waals surface area contributed by atoms with Gasteiger partial charge in [0.2, 0.25) is 0 Å². The van der Waals surface area contributed by atoms with Crippen molar-refractivity contribution in [3.8, 4) is 0 Å². The SMILES string of the molecule is CCCc1cnn(C2CCN(C(=O)OC(C)(C)C)CC2)c1. The van der Waals surface area contributed by atoms with Gasteiger partial charge in [0.25, 0.3) is 0 Å². The van der Waals surface area contributed by atoms with Crippen LogP contribution in [0.5, 0.6) is 0 Å². The van der Waals surface area contributed by atoms with Crippen molar-refractivity contribution in [1.29, 1.82) is 0 Å². The molecule has 0 radical (unpaired) electrons. The molecule has 118 valence electrons. The Labute approximate surface area is 127 Å². The van der Waals surface area contributed by atoms with E-state index in [-0.39, 0.29) is 6.09 Å². The largest absolute Gasteiger partial charge is 0.444 e. The molecule has 2 heterocycles. The van der Waals surface area contributed by atoms with E-state index in [1.807, 2.05) is 27.0 Å². The average Bonchev–Trinajstić information content (AvgIpc) is 2.86. The van der Waals surface area contributed by atoms with Gasteiger partial charge in [-0.15, -0.1) is 0 Å². The fourth-order valence-corrected chi connectivity index (χ4v) is 2.63. The van der Waals surface area contributed by atoms with Crippen LogP contribution in [-0.2, 0) is 11.2 Å². The molecule has 5 nitrogen and oxygen atoms in total. The van der Waals surface area contributed by atoms with E-state index in [9.17, 15) is 4.79 Å². The molecule has 0 aromatic carbocycles. The Balaban J connectivity index is 1.86. The topological polar surface area (TPSA) is 47.4 Å². The standard InChI is InChI=1S/C16H27N3O2/c1-5-6-13-11-17-19(12-13)14-7-9-18(10-8-14)15(20)21-16(2,3)4/h11-12,14H,5-10H2,1-4H3. The maximum atomic E-state index is 12.0. The molecule has 1 aromatic rings. The number of ether oxygens (including phenoxy) is 1. The van der Waals surface area contributed by atoms with Crippen molar-refractivity contribution < 1.29 is 9.53 Å². The summed E-state index contributed by atoms with van der Waals surface area (Å²) in [4.78, 5) is 13.8. The lowest BCUT2D eigenvalue weighted by atomic mass is 10.1. The molecule has 5 heteroatoms. The van der Waals surface area contributed by atoms with Crippen LogP contribution in [0, 0.1) is 0 Å². The van der Waals surface area contributed by atoms with Crippen LogP contribution in [0.1, 0.15) is 58.6 Å². The highest BCUT2D eigenvalue weighted by Crippen LogP contribution is 2.23. The highest BCUT2D eigenvalue weighted by molar-refractivity contribution is 5.68. The second-order valence-corrected chi connectivity index (χ2v) is 6.78. The molecule has 2 rings (SSSR count). The number of rotatable bonds is 3. The van der Waals surface area contributed by atoms with Crippen LogP contribution in [0.25, 0.3) is 0 Å². The molecule has 1 saturated heterocycles. The summed E-state index contributed by atoms with van der Waals surface area (Å²) < 4.78 is 7.49. The van der Waals surface area contributed by atoms with Crippen LogP contribution in [0.15, 0.2) is 12.4 Å². The van der Waals surface area contributed by atoms with E-state index in [1.54, 1.807) is 4.90 Å². The summed E-state index contributed by atoms with van der Waals surface area (Å²) in [6, 6.07) is 0.397. The number of amides is 1. The number of piperidine rings is 1. The molecule has 0 atom stereocenters. The summed E-state index contributed by atoms with van der Waals surface area (Å²) in [6.45, 7) is 9.35. The van der Waals surface area contributed by atoms with Gasteiger partial charge in [0.15, 0.2) is 0 Å². The van der Waals surface area contributed by atoms with Crippen molar-refractivity contribution in [1.82, 2.24) is 14.7 Å². The van der Waals surface area contributed by atoms with E-state index in [0.717, 1.165) is 38.8 Å². The molecule has 1 fully saturated rings. The fraction of sp³-hybridized carbons (Fsp3) is 0.750. The smallest absolute Gasteiger partial charge is 0.410 e. The zero-order chi connectivity index (χ0) is 15.5. The first kappa shape index (κ1) is 15.9. The highest BCUT2D eigenvalue weighted by Gasteiger charge is 2.27.